The molecule has 25 heavy (non-hydrogen) atoms. The maximum absolute atomic E-state index is 13.1. The molecule has 1 saturated carbocycles. The number of likely N-dealkylation sites (tertiary alicyclic amines) is 1. The predicted molar refractivity (Wildman–Crippen MR) is 100.0 cm³/mol. The molecule has 136 valence electrons. The zero-order valence-electron chi connectivity index (χ0n) is 15.5. The van der Waals surface area contributed by atoms with Gasteiger partial charge in [-0.15, -0.1) is 0 Å². The number of fused-ring (bicyclic) bond motifs is 1. The Balaban J connectivity index is 1.46. The third-order valence-corrected chi connectivity index (χ3v) is 6.77. The van der Waals surface area contributed by atoms with Crippen molar-refractivity contribution in [3.8, 4) is 5.75 Å². The predicted octanol–water partition coefficient (Wildman–Crippen LogP) is 4.69. The number of benzene rings is 1. The molecule has 0 spiro atoms. The average Bonchev–Trinajstić information content (AvgIpc) is 3.32. The monoisotopic (exact) mass is 341 g/mol. The van der Waals surface area contributed by atoms with Crippen LogP contribution in [0.15, 0.2) is 18.2 Å². The van der Waals surface area contributed by atoms with Gasteiger partial charge in [0.1, 0.15) is 5.75 Å². The topological polar surface area (TPSA) is 29.5 Å². The molecule has 1 amide bonds. The van der Waals surface area contributed by atoms with E-state index in [0.29, 0.717) is 24.3 Å². The van der Waals surface area contributed by atoms with Crippen molar-refractivity contribution < 1.29 is 9.53 Å². The van der Waals surface area contributed by atoms with E-state index in [2.05, 4.69) is 23.1 Å². The van der Waals surface area contributed by atoms with Crippen molar-refractivity contribution in [2.45, 2.75) is 76.2 Å². The smallest absolute Gasteiger partial charge is 0.223 e. The van der Waals surface area contributed by atoms with E-state index < -0.39 is 0 Å². The Hall–Kier alpha value is -1.51. The Morgan fingerprint density at radius 2 is 1.96 bits per heavy atom. The molecule has 2 aliphatic carbocycles. The highest BCUT2D eigenvalue weighted by Crippen LogP contribution is 2.39. The number of nitrogens with zero attached hydrogens (tertiary/aromatic N) is 1. The third-order valence-electron chi connectivity index (χ3n) is 6.77. The molecule has 4 rings (SSSR count). The second-order valence-corrected chi connectivity index (χ2v) is 8.20. The Kier molecular flexibility index (Phi) is 5.00. The van der Waals surface area contributed by atoms with Crippen LogP contribution in [0.3, 0.4) is 0 Å². The molecular formula is C22H31NO2. The van der Waals surface area contributed by atoms with Crippen LogP contribution in [0.2, 0.25) is 0 Å². The average molecular weight is 341 g/mol. The zero-order chi connectivity index (χ0) is 17.2. The summed E-state index contributed by atoms with van der Waals surface area (Å²) in [6, 6.07) is 6.96. The van der Waals surface area contributed by atoms with Crippen LogP contribution in [0.1, 0.15) is 74.8 Å². The first-order valence-corrected chi connectivity index (χ1v) is 10.2. The van der Waals surface area contributed by atoms with Gasteiger partial charge in [-0.25, -0.2) is 0 Å². The lowest BCUT2D eigenvalue weighted by Gasteiger charge is -2.32. The largest absolute Gasteiger partial charge is 0.497 e. The van der Waals surface area contributed by atoms with Crippen LogP contribution in [0.25, 0.3) is 0 Å². The molecule has 0 bridgehead atoms. The highest BCUT2D eigenvalue weighted by atomic mass is 16.5. The number of hydrogen-bond acceptors (Lipinski definition) is 2. The molecule has 0 N–H and O–H groups in total. The van der Waals surface area contributed by atoms with Crippen molar-refractivity contribution in [2.75, 3.05) is 13.7 Å². The van der Waals surface area contributed by atoms with Gasteiger partial charge in [0.2, 0.25) is 5.91 Å². The molecule has 1 heterocycles. The second kappa shape index (κ2) is 7.39. The first kappa shape index (κ1) is 16.9. The van der Waals surface area contributed by atoms with E-state index in [1.54, 1.807) is 7.11 Å². The van der Waals surface area contributed by atoms with Crippen molar-refractivity contribution in [2.24, 2.45) is 5.92 Å². The van der Waals surface area contributed by atoms with Gasteiger partial charge >= 0.3 is 0 Å². The third kappa shape index (κ3) is 3.43. The van der Waals surface area contributed by atoms with Crippen LogP contribution in [-0.2, 0) is 11.2 Å². The summed E-state index contributed by atoms with van der Waals surface area (Å²) in [5.41, 5.74) is 2.77. The maximum atomic E-state index is 13.1. The zero-order valence-corrected chi connectivity index (χ0v) is 15.5. The number of ether oxygens (including phenoxy) is 1. The SMILES string of the molecule is COc1ccc2c(c1)CCC[C@@H]2CC(=O)N1CCC[C@@H]1C1CCCC1. The van der Waals surface area contributed by atoms with Gasteiger partial charge in [-0.1, -0.05) is 18.9 Å². The molecule has 1 aromatic carbocycles. The minimum absolute atomic E-state index is 0.395. The molecule has 3 heteroatoms. The molecule has 0 aromatic heterocycles. The normalized spacial score (nSPS) is 26.7. The molecule has 1 aromatic rings. The van der Waals surface area contributed by atoms with Gasteiger partial charge in [0.05, 0.1) is 7.11 Å². The Morgan fingerprint density at radius 3 is 2.76 bits per heavy atom. The van der Waals surface area contributed by atoms with Gasteiger partial charge in [0, 0.05) is 19.0 Å². The van der Waals surface area contributed by atoms with Crippen LogP contribution in [0, 0.1) is 5.92 Å². The number of methoxy groups -OCH3 is 1. The standard InChI is InChI=1S/C22H31NO2/c1-25-19-11-12-20-17(14-19)8-4-9-18(20)15-22(24)23-13-5-10-21(23)16-6-2-3-7-16/h11-12,14,16,18,21H,2-10,13,15H2,1H3/t18-,21-/m1/s1. The van der Waals surface area contributed by atoms with Crippen LogP contribution in [0.4, 0.5) is 0 Å². The Morgan fingerprint density at radius 1 is 1.12 bits per heavy atom. The van der Waals surface area contributed by atoms with E-state index in [9.17, 15) is 4.79 Å². The fourth-order valence-electron chi connectivity index (χ4n) is 5.49. The summed E-state index contributed by atoms with van der Waals surface area (Å²) in [7, 11) is 1.72. The number of aryl methyl sites for hydroxylation is 1. The van der Waals surface area contributed by atoms with E-state index >= 15 is 0 Å². The van der Waals surface area contributed by atoms with Gasteiger partial charge in [-0.3, -0.25) is 4.79 Å². The second-order valence-electron chi connectivity index (χ2n) is 8.20. The number of hydrogen-bond donors (Lipinski definition) is 0. The minimum Gasteiger partial charge on any atom is -0.497 e. The summed E-state index contributed by atoms with van der Waals surface area (Å²) in [6.07, 6.45) is 12.0. The molecule has 3 nitrogen and oxygen atoms in total. The van der Waals surface area contributed by atoms with Crippen molar-refractivity contribution in [3.63, 3.8) is 0 Å². The first-order valence-electron chi connectivity index (χ1n) is 10.2. The summed E-state index contributed by atoms with van der Waals surface area (Å²) >= 11 is 0. The van der Waals surface area contributed by atoms with Crippen molar-refractivity contribution in [1.29, 1.82) is 0 Å². The molecule has 3 aliphatic rings. The summed E-state index contributed by atoms with van der Waals surface area (Å²) in [5.74, 6) is 2.51. The lowest BCUT2D eigenvalue weighted by atomic mass is 9.80. The Labute approximate surface area is 151 Å². The van der Waals surface area contributed by atoms with Gasteiger partial charge in [0.15, 0.2) is 0 Å². The fraction of sp³-hybridized carbons (Fsp3) is 0.682. The molecule has 2 fully saturated rings. The fourth-order valence-corrected chi connectivity index (χ4v) is 5.49. The first-order chi connectivity index (χ1) is 12.3. The molecule has 0 unspecified atom stereocenters. The molecular weight excluding hydrogens is 310 g/mol. The maximum Gasteiger partial charge on any atom is 0.223 e. The number of carbonyl (C=O) groups excluding carboxylic acids is 1. The van der Waals surface area contributed by atoms with Crippen LogP contribution >= 0.6 is 0 Å². The van der Waals surface area contributed by atoms with Crippen LogP contribution < -0.4 is 4.74 Å². The van der Waals surface area contributed by atoms with E-state index in [1.165, 1.54) is 56.1 Å². The van der Waals surface area contributed by atoms with Crippen LogP contribution in [0.5, 0.6) is 5.75 Å². The lowest BCUT2D eigenvalue weighted by molar-refractivity contribution is -0.133. The van der Waals surface area contributed by atoms with Gasteiger partial charge in [-0.05, 0) is 80.0 Å². The summed E-state index contributed by atoms with van der Waals surface area (Å²) in [6.45, 7) is 0.988. The molecule has 1 saturated heterocycles. The summed E-state index contributed by atoms with van der Waals surface area (Å²) in [4.78, 5) is 15.4. The number of amides is 1. The van der Waals surface area contributed by atoms with Crippen LogP contribution in [-0.4, -0.2) is 30.5 Å². The van der Waals surface area contributed by atoms with Gasteiger partial charge in [0.25, 0.3) is 0 Å². The van der Waals surface area contributed by atoms with Gasteiger partial charge < -0.3 is 9.64 Å². The van der Waals surface area contributed by atoms with Crippen molar-refractivity contribution in [3.05, 3.63) is 29.3 Å². The van der Waals surface area contributed by atoms with E-state index in [-0.39, 0.29) is 0 Å². The van der Waals surface area contributed by atoms with Crippen molar-refractivity contribution >= 4 is 5.91 Å². The number of rotatable bonds is 4. The lowest BCUT2D eigenvalue weighted by Crippen LogP contribution is -2.40. The molecule has 0 radical (unpaired) electrons. The highest BCUT2D eigenvalue weighted by Gasteiger charge is 2.36. The van der Waals surface area contributed by atoms with E-state index in [1.807, 2.05) is 0 Å². The Bertz CT molecular complexity index is 620. The minimum atomic E-state index is 0.395. The number of carbonyl (C=O) groups is 1. The van der Waals surface area contributed by atoms with E-state index in [4.69, 9.17) is 4.74 Å². The summed E-state index contributed by atoms with van der Waals surface area (Å²) in [5, 5.41) is 0. The van der Waals surface area contributed by atoms with E-state index in [0.717, 1.165) is 31.1 Å². The summed E-state index contributed by atoms with van der Waals surface area (Å²) < 4.78 is 5.37. The quantitative estimate of drug-likeness (QED) is 0.795. The van der Waals surface area contributed by atoms with Crippen molar-refractivity contribution in [1.82, 2.24) is 4.90 Å². The highest BCUT2D eigenvalue weighted by molar-refractivity contribution is 5.78. The molecule has 2 atom stereocenters. The van der Waals surface area contributed by atoms with Gasteiger partial charge in [-0.2, -0.15) is 0 Å². The molecule has 1 aliphatic heterocycles.